The van der Waals surface area contributed by atoms with Crippen molar-refractivity contribution in [1.82, 2.24) is 0 Å². The largest absolute Gasteiger partial charge is 0.0587 e. The van der Waals surface area contributed by atoms with Crippen LogP contribution in [0.3, 0.4) is 0 Å². The zero-order valence-electron chi connectivity index (χ0n) is 103. The molecule has 0 aliphatic rings. The van der Waals surface area contributed by atoms with E-state index in [4.69, 9.17) is 0 Å². The molecule has 0 aliphatic heterocycles. The second kappa shape index (κ2) is 60.2. The van der Waals surface area contributed by atoms with Crippen LogP contribution < -0.4 is 0 Å². The van der Waals surface area contributed by atoms with Crippen molar-refractivity contribution in [2.45, 2.75) is 534 Å². The first-order valence-corrected chi connectivity index (χ1v) is 55.4. The van der Waals surface area contributed by atoms with E-state index >= 15 is 0 Å². The summed E-state index contributed by atoms with van der Waals surface area (Å²) in [5.74, 6) is 12.7. The van der Waals surface area contributed by atoms with Crippen LogP contribution in [0.2, 0.25) is 0 Å². The summed E-state index contributed by atoms with van der Waals surface area (Å²) in [7, 11) is 0. The minimum Gasteiger partial charge on any atom is -0.0587 e. The topological polar surface area (TPSA) is 0 Å². The van der Waals surface area contributed by atoms with Gasteiger partial charge in [0.05, 0.1) is 0 Å². The first-order chi connectivity index (χ1) is 64.3. The highest BCUT2D eigenvalue weighted by molar-refractivity contribution is 5.49. The van der Waals surface area contributed by atoms with Gasteiger partial charge in [0.15, 0.2) is 0 Å². The fraction of sp³-hybridized carbons (Fsp3) is 0.571. The molecule has 10 aromatic rings. The maximum Gasteiger partial charge on any atom is -0.0216 e. The van der Waals surface area contributed by atoms with Crippen LogP contribution in [0.15, 0.2) is 121 Å². The van der Waals surface area contributed by atoms with Crippen molar-refractivity contribution in [2.75, 3.05) is 0 Å². The van der Waals surface area contributed by atoms with Crippen molar-refractivity contribution in [3.63, 3.8) is 0 Å². The zero-order chi connectivity index (χ0) is 109. The normalized spacial score (nSPS) is 11.4. The van der Waals surface area contributed by atoms with E-state index in [0.29, 0.717) is 118 Å². The maximum absolute atomic E-state index is 2.36. The predicted octanol–water partition coefficient (Wildman–Crippen LogP) is 45.5. The second-order valence-corrected chi connectivity index (χ2v) is 48.7. The highest BCUT2D eigenvalue weighted by atomic mass is 14.3. The predicted molar refractivity (Wildman–Crippen MR) is 641 cm³/mol. The minimum absolute atomic E-state index is 0.634. The van der Waals surface area contributed by atoms with Crippen molar-refractivity contribution >= 4 is 0 Å². The van der Waals surface area contributed by atoms with Gasteiger partial charge in [0.25, 0.3) is 0 Å². The van der Waals surface area contributed by atoms with E-state index in [0.717, 1.165) is 0 Å². The standard InChI is InChI=1S/10C14H22/c10*1-9(2)13-7-12(6)14(10(3)4)8-11(13)5/h10*7-10H,1-6H3. The Bertz CT molecular complexity index is 3970. The lowest BCUT2D eigenvalue weighted by molar-refractivity contribution is 0.827. The van der Waals surface area contributed by atoms with Crippen molar-refractivity contribution < 1.29 is 0 Å². The SMILES string of the molecule is Cc1cc(C(C)C)c(C)cc1C(C)C.Cc1cc(C(C)C)c(C)cc1C(C)C.Cc1cc(C(C)C)c(C)cc1C(C)C.Cc1cc(C(C)C)c(C)cc1C(C)C.Cc1cc(C(C)C)c(C)cc1C(C)C.Cc1cc(C(C)C)c(C)cc1C(C)C.Cc1cc(C(C)C)c(C)cc1C(C)C.Cc1cc(C(C)C)c(C)cc1C(C)C.Cc1cc(C(C)C)c(C)cc1C(C)C.Cc1cc(C(C)C)c(C)cc1C(C)C. The van der Waals surface area contributed by atoms with Gasteiger partial charge < -0.3 is 0 Å². The summed E-state index contributed by atoms with van der Waals surface area (Å²) in [5.41, 5.74) is 58.6. The molecule has 0 aliphatic carbocycles. The zero-order valence-corrected chi connectivity index (χ0v) is 103. The van der Waals surface area contributed by atoms with Crippen molar-refractivity contribution in [3.8, 4) is 0 Å². The molecule has 0 spiro atoms. The van der Waals surface area contributed by atoms with Gasteiger partial charge in [0, 0.05) is 0 Å². The number of aryl methyl sites for hydroxylation is 20. The highest BCUT2D eigenvalue weighted by Crippen LogP contribution is 2.38. The van der Waals surface area contributed by atoms with Crippen LogP contribution in [0.5, 0.6) is 0 Å². The van der Waals surface area contributed by atoms with Gasteiger partial charge in [0.2, 0.25) is 0 Å². The molecule has 0 atom stereocenters. The summed E-state index contributed by atoms with van der Waals surface area (Å²) in [6.45, 7) is 135. The highest BCUT2D eigenvalue weighted by Gasteiger charge is 2.20. The molecule has 0 bridgehead atoms. The minimum atomic E-state index is 0.634. The molecule has 140 heavy (non-hydrogen) atoms. The van der Waals surface area contributed by atoms with Gasteiger partial charge in [-0.15, -0.1) is 0 Å². The third-order valence-corrected chi connectivity index (χ3v) is 29.0. The monoisotopic (exact) mass is 1900 g/mol. The van der Waals surface area contributed by atoms with Gasteiger partial charge in [-0.2, -0.15) is 0 Å². The Balaban J connectivity index is 0.000000778. The van der Waals surface area contributed by atoms with Crippen LogP contribution in [-0.2, 0) is 0 Å². The molecular formula is C140H220. The summed E-state index contributed by atoms with van der Waals surface area (Å²) in [6.07, 6.45) is 0. The molecule has 0 heterocycles. The summed E-state index contributed by atoms with van der Waals surface area (Å²) in [4.78, 5) is 0. The van der Waals surface area contributed by atoms with Gasteiger partial charge >= 0.3 is 0 Å². The van der Waals surface area contributed by atoms with Crippen LogP contribution in [0.25, 0.3) is 0 Å². The lowest BCUT2D eigenvalue weighted by atomic mass is 9.89. The van der Waals surface area contributed by atoms with Crippen LogP contribution in [-0.4, -0.2) is 0 Å². The first-order valence-electron chi connectivity index (χ1n) is 55.4. The van der Waals surface area contributed by atoms with E-state index in [1.165, 1.54) is 223 Å². The Morgan fingerprint density at radius 2 is 0.100 bits per heavy atom. The molecule has 0 radical (unpaired) electrons. The molecule has 0 saturated carbocycles. The molecular weight excluding hydrogens is 1680 g/mol. The average molecular weight is 1900 g/mol. The van der Waals surface area contributed by atoms with Crippen LogP contribution in [0.1, 0.15) is 618 Å². The average Bonchev–Trinajstić information content (AvgIpc) is 0.888. The third kappa shape index (κ3) is 40.3. The van der Waals surface area contributed by atoms with Gasteiger partial charge in [-0.3, -0.25) is 0 Å². The van der Waals surface area contributed by atoms with Crippen LogP contribution >= 0.6 is 0 Å². The Hall–Kier alpha value is -7.80. The van der Waals surface area contributed by atoms with Crippen molar-refractivity contribution in [1.29, 1.82) is 0 Å². The molecule has 780 valence electrons. The molecule has 0 saturated heterocycles. The first kappa shape index (κ1) is 130. The number of rotatable bonds is 20. The van der Waals surface area contributed by atoms with Crippen LogP contribution in [0, 0.1) is 138 Å². The third-order valence-electron chi connectivity index (χ3n) is 29.0. The molecule has 10 rings (SSSR count). The van der Waals surface area contributed by atoms with E-state index in [2.05, 4.69) is 537 Å². The fourth-order valence-corrected chi connectivity index (χ4v) is 21.0. The van der Waals surface area contributed by atoms with Gasteiger partial charge in [0.1, 0.15) is 0 Å². The van der Waals surface area contributed by atoms with E-state index in [1.54, 1.807) is 0 Å². The summed E-state index contributed by atoms with van der Waals surface area (Å²) in [6, 6.07) is 47.1. The van der Waals surface area contributed by atoms with Gasteiger partial charge in [-0.05, 0) is 479 Å². The molecule has 0 fully saturated rings. The Morgan fingerprint density at radius 3 is 0.121 bits per heavy atom. The number of hydrogen-bond donors (Lipinski definition) is 0. The Morgan fingerprint density at radius 1 is 0.0714 bits per heavy atom. The molecule has 0 N–H and O–H groups in total. The molecule has 0 heteroatoms. The van der Waals surface area contributed by atoms with E-state index in [1.807, 2.05) is 0 Å². The van der Waals surface area contributed by atoms with Crippen molar-refractivity contribution in [3.05, 3.63) is 344 Å². The Kier molecular flexibility index (Phi) is 56.0. The number of hydrogen-bond acceptors (Lipinski definition) is 0. The van der Waals surface area contributed by atoms with E-state index < -0.39 is 0 Å². The summed E-state index contributed by atoms with van der Waals surface area (Å²) in [5, 5.41) is 0. The second-order valence-electron chi connectivity index (χ2n) is 48.7. The quantitative estimate of drug-likeness (QED) is 0.0713. The van der Waals surface area contributed by atoms with Gasteiger partial charge in [-0.25, -0.2) is 0 Å². The lowest BCUT2D eigenvalue weighted by Gasteiger charge is -2.16. The van der Waals surface area contributed by atoms with Crippen LogP contribution in [0.4, 0.5) is 0 Å². The Labute approximate surface area is 871 Å². The number of benzene rings is 10. The molecule has 10 aromatic carbocycles. The molecule has 0 amide bonds. The van der Waals surface area contributed by atoms with Gasteiger partial charge in [-0.1, -0.05) is 398 Å². The summed E-state index contributed by atoms with van der Waals surface area (Å²) < 4.78 is 0. The van der Waals surface area contributed by atoms with E-state index in [-0.39, 0.29) is 0 Å². The fourth-order valence-electron chi connectivity index (χ4n) is 21.0. The smallest absolute Gasteiger partial charge is 0.0216 e. The maximum atomic E-state index is 2.36. The van der Waals surface area contributed by atoms with Crippen molar-refractivity contribution in [2.24, 2.45) is 0 Å². The molecule has 0 unspecified atom stereocenters. The molecule has 0 aromatic heterocycles. The molecule has 0 nitrogen and oxygen atoms in total. The van der Waals surface area contributed by atoms with E-state index in [9.17, 15) is 0 Å². The summed E-state index contributed by atoms with van der Waals surface area (Å²) >= 11 is 0. The lowest BCUT2D eigenvalue weighted by Crippen LogP contribution is -1.99.